The SMILES string of the molecule is CC(C)(C(=O)NC1C2CC3CC1CC(O)(C3)C2)c1ccccc1. The zero-order valence-corrected chi connectivity index (χ0v) is 14.1. The van der Waals surface area contributed by atoms with Crippen LogP contribution in [0.2, 0.25) is 0 Å². The van der Waals surface area contributed by atoms with Crippen LogP contribution < -0.4 is 5.32 Å². The topological polar surface area (TPSA) is 49.3 Å². The summed E-state index contributed by atoms with van der Waals surface area (Å²) in [5.74, 6) is 1.71. The van der Waals surface area contributed by atoms with Gasteiger partial charge in [-0.15, -0.1) is 0 Å². The van der Waals surface area contributed by atoms with Crippen molar-refractivity contribution >= 4 is 5.91 Å². The molecule has 2 unspecified atom stereocenters. The summed E-state index contributed by atoms with van der Waals surface area (Å²) < 4.78 is 0. The lowest BCUT2D eigenvalue weighted by atomic mass is 9.52. The Hall–Kier alpha value is -1.35. The molecule has 4 fully saturated rings. The summed E-state index contributed by atoms with van der Waals surface area (Å²) >= 11 is 0. The van der Waals surface area contributed by atoms with Crippen LogP contribution in [0.5, 0.6) is 0 Å². The number of hydrogen-bond donors (Lipinski definition) is 2. The van der Waals surface area contributed by atoms with Crippen LogP contribution in [0.4, 0.5) is 0 Å². The minimum Gasteiger partial charge on any atom is -0.390 e. The van der Waals surface area contributed by atoms with Gasteiger partial charge in [-0.3, -0.25) is 4.79 Å². The number of carbonyl (C=O) groups is 1. The monoisotopic (exact) mass is 313 g/mol. The second kappa shape index (κ2) is 5.07. The second-order valence-corrected chi connectivity index (χ2v) is 8.68. The second-order valence-electron chi connectivity index (χ2n) is 8.68. The lowest BCUT2D eigenvalue weighted by Crippen LogP contribution is -2.62. The van der Waals surface area contributed by atoms with E-state index in [1.165, 1.54) is 12.8 Å². The minimum atomic E-state index is -0.521. The minimum absolute atomic E-state index is 0.119. The van der Waals surface area contributed by atoms with Gasteiger partial charge in [0.2, 0.25) is 5.91 Å². The van der Waals surface area contributed by atoms with E-state index in [-0.39, 0.29) is 11.9 Å². The van der Waals surface area contributed by atoms with E-state index < -0.39 is 11.0 Å². The summed E-state index contributed by atoms with van der Waals surface area (Å²) in [6.07, 6.45) is 5.08. The molecule has 4 saturated carbocycles. The first kappa shape index (κ1) is 15.2. The number of benzene rings is 1. The summed E-state index contributed by atoms with van der Waals surface area (Å²) in [6, 6.07) is 10.3. The Morgan fingerprint density at radius 1 is 1.13 bits per heavy atom. The average Bonchev–Trinajstić information content (AvgIpc) is 2.50. The molecule has 2 atom stereocenters. The molecule has 4 aliphatic rings. The first-order chi connectivity index (χ1) is 10.9. The van der Waals surface area contributed by atoms with Gasteiger partial charge in [-0.2, -0.15) is 0 Å². The van der Waals surface area contributed by atoms with Gasteiger partial charge in [0.05, 0.1) is 11.0 Å². The summed E-state index contributed by atoms with van der Waals surface area (Å²) in [5.41, 5.74) is 0.0967. The Labute approximate surface area is 138 Å². The highest BCUT2D eigenvalue weighted by Crippen LogP contribution is 2.55. The van der Waals surface area contributed by atoms with Gasteiger partial charge in [0.1, 0.15) is 0 Å². The Morgan fingerprint density at radius 3 is 2.30 bits per heavy atom. The highest BCUT2D eigenvalue weighted by molar-refractivity contribution is 5.87. The molecule has 0 heterocycles. The lowest BCUT2D eigenvalue weighted by molar-refractivity contribution is -0.148. The molecule has 23 heavy (non-hydrogen) atoms. The van der Waals surface area contributed by atoms with Crippen molar-refractivity contribution < 1.29 is 9.90 Å². The number of aliphatic hydroxyl groups is 1. The van der Waals surface area contributed by atoms with E-state index >= 15 is 0 Å². The van der Waals surface area contributed by atoms with Gasteiger partial charge >= 0.3 is 0 Å². The Morgan fingerprint density at radius 2 is 1.74 bits per heavy atom. The van der Waals surface area contributed by atoms with E-state index in [0.717, 1.165) is 24.8 Å². The van der Waals surface area contributed by atoms with Crippen LogP contribution in [0, 0.1) is 17.8 Å². The molecule has 0 saturated heterocycles. The number of nitrogens with one attached hydrogen (secondary N) is 1. The van der Waals surface area contributed by atoms with Crippen LogP contribution >= 0.6 is 0 Å². The zero-order valence-electron chi connectivity index (χ0n) is 14.1. The van der Waals surface area contributed by atoms with Gasteiger partial charge in [0, 0.05) is 6.04 Å². The maximum Gasteiger partial charge on any atom is 0.230 e. The molecular weight excluding hydrogens is 286 g/mol. The summed E-state index contributed by atoms with van der Waals surface area (Å²) in [4.78, 5) is 13.0. The summed E-state index contributed by atoms with van der Waals surface area (Å²) in [5, 5.41) is 14.0. The van der Waals surface area contributed by atoms with Crippen molar-refractivity contribution in [3.05, 3.63) is 35.9 Å². The van der Waals surface area contributed by atoms with Crippen molar-refractivity contribution in [2.45, 2.75) is 63.0 Å². The van der Waals surface area contributed by atoms with Crippen LogP contribution in [0.1, 0.15) is 51.5 Å². The van der Waals surface area contributed by atoms with Crippen molar-refractivity contribution in [3.8, 4) is 0 Å². The molecule has 0 aliphatic heterocycles. The number of hydrogen-bond acceptors (Lipinski definition) is 2. The first-order valence-electron chi connectivity index (χ1n) is 8.96. The van der Waals surface area contributed by atoms with Gasteiger partial charge in [0.15, 0.2) is 0 Å². The third-order valence-corrected chi connectivity index (χ3v) is 6.60. The smallest absolute Gasteiger partial charge is 0.230 e. The first-order valence-corrected chi connectivity index (χ1v) is 8.96. The average molecular weight is 313 g/mol. The molecule has 4 aliphatic carbocycles. The normalized spacial score (nSPS) is 38.6. The van der Waals surface area contributed by atoms with Gasteiger partial charge in [0.25, 0.3) is 0 Å². The van der Waals surface area contributed by atoms with Crippen LogP contribution in [-0.4, -0.2) is 22.7 Å². The molecule has 4 bridgehead atoms. The molecular formula is C20H27NO2. The third kappa shape index (κ3) is 2.50. The largest absolute Gasteiger partial charge is 0.390 e. The van der Waals surface area contributed by atoms with Crippen molar-refractivity contribution in [1.29, 1.82) is 0 Å². The van der Waals surface area contributed by atoms with Crippen molar-refractivity contribution in [2.24, 2.45) is 17.8 Å². The maximum atomic E-state index is 13.0. The standard InChI is InChI=1S/C20H27NO2/c1-19(2,16-6-4-3-5-7-16)18(22)21-17-14-8-13-9-15(17)12-20(23,10-13)11-14/h3-7,13-15,17,23H,8-12H2,1-2H3,(H,21,22). The molecule has 3 heteroatoms. The molecule has 1 aromatic carbocycles. The molecule has 3 nitrogen and oxygen atoms in total. The predicted octanol–water partition coefficient (Wildman–Crippen LogP) is 3.02. The maximum absolute atomic E-state index is 13.0. The Balaban J connectivity index is 1.51. The van der Waals surface area contributed by atoms with Crippen molar-refractivity contribution in [2.75, 3.05) is 0 Å². The van der Waals surface area contributed by atoms with E-state index in [4.69, 9.17) is 0 Å². The molecule has 1 amide bonds. The zero-order chi connectivity index (χ0) is 16.2. The van der Waals surface area contributed by atoms with Gasteiger partial charge in [-0.05, 0) is 69.3 Å². The molecule has 0 radical (unpaired) electrons. The van der Waals surface area contributed by atoms with Crippen LogP contribution in [0.3, 0.4) is 0 Å². The molecule has 5 rings (SSSR count). The van der Waals surface area contributed by atoms with E-state index in [1.807, 2.05) is 44.2 Å². The highest BCUT2D eigenvalue weighted by atomic mass is 16.3. The number of carbonyl (C=O) groups excluding carboxylic acids is 1. The van der Waals surface area contributed by atoms with Crippen molar-refractivity contribution in [1.82, 2.24) is 5.32 Å². The summed E-state index contributed by atoms with van der Waals surface area (Å²) in [7, 11) is 0. The van der Waals surface area contributed by atoms with Crippen LogP contribution in [0.25, 0.3) is 0 Å². The number of rotatable bonds is 3. The van der Waals surface area contributed by atoms with Gasteiger partial charge in [-0.1, -0.05) is 30.3 Å². The van der Waals surface area contributed by atoms with E-state index in [2.05, 4.69) is 5.32 Å². The Bertz CT molecular complexity index is 593. The summed E-state index contributed by atoms with van der Waals surface area (Å²) in [6.45, 7) is 4.00. The van der Waals surface area contributed by atoms with E-state index in [0.29, 0.717) is 17.8 Å². The number of amides is 1. The molecule has 1 aromatic rings. The van der Waals surface area contributed by atoms with E-state index in [9.17, 15) is 9.90 Å². The molecule has 124 valence electrons. The third-order valence-electron chi connectivity index (χ3n) is 6.60. The van der Waals surface area contributed by atoms with E-state index in [1.54, 1.807) is 0 Å². The lowest BCUT2D eigenvalue weighted by Gasteiger charge is -2.58. The van der Waals surface area contributed by atoms with Gasteiger partial charge < -0.3 is 10.4 Å². The van der Waals surface area contributed by atoms with Crippen LogP contribution in [0.15, 0.2) is 30.3 Å². The molecule has 2 N–H and O–H groups in total. The fourth-order valence-corrected chi connectivity index (χ4v) is 5.53. The highest BCUT2D eigenvalue weighted by Gasteiger charge is 2.55. The van der Waals surface area contributed by atoms with Crippen LogP contribution in [-0.2, 0) is 10.2 Å². The predicted molar refractivity (Wildman–Crippen MR) is 89.9 cm³/mol. The van der Waals surface area contributed by atoms with Gasteiger partial charge in [-0.25, -0.2) is 0 Å². The molecule has 0 aromatic heterocycles. The van der Waals surface area contributed by atoms with Crippen molar-refractivity contribution in [3.63, 3.8) is 0 Å². The molecule has 0 spiro atoms. The fraction of sp³-hybridized carbons (Fsp3) is 0.650. The Kier molecular flexibility index (Phi) is 3.35. The quantitative estimate of drug-likeness (QED) is 0.901. The fourth-order valence-electron chi connectivity index (χ4n) is 5.53.